The van der Waals surface area contributed by atoms with E-state index < -0.39 is 11.6 Å². The lowest BCUT2D eigenvalue weighted by molar-refractivity contribution is 0.508. The Balaban J connectivity index is 2.08. The summed E-state index contributed by atoms with van der Waals surface area (Å²) in [4.78, 5) is 0. The Morgan fingerprint density at radius 2 is 1.83 bits per heavy atom. The number of hydrogen-bond donors (Lipinski definition) is 1. The van der Waals surface area contributed by atoms with Crippen LogP contribution in [0.1, 0.15) is 5.56 Å². The van der Waals surface area contributed by atoms with E-state index in [9.17, 15) is 8.78 Å². The van der Waals surface area contributed by atoms with Gasteiger partial charge in [-0.15, -0.1) is 0 Å². The van der Waals surface area contributed by atoms with Crippen molar-refractivity contribution in [2.45, 2.75) is 0 Å². The second kappa shape index (κ2) is 5.60. The molecular weight excluding hydrogens is 258 g/mol. The largest absolute Gasteiger partial charge is 0.277 e. The van der Waals surface area contributed by atoms with Crippen molar-refractivity contribution < 1.29 is 8.78 Å². The zero-order valence-electron chi connectivity index (χ0n) is 9.20. The van der Waals surface area contributed by atoms with Gasteiger partial charge in [-0.05, 0) is 29.8 Å². The van der Waals surface area contributed by atoms with Gasteiger partial charge in [0.05, 0.1) is 16.9 Å². The molecule has 5 heteroatoms. The molecule has 1 N–H and O–H groups in total. The maximum absolute atomic E-state index is 12.9. The van der Waals surface area contributed by atoms with Gasteiger partial charge in [-0.2, -0.15) is 5.10 Å². The fourth-order valence-electron chi connectivity index (χ4n) is 1.32. The first-order valence-corrected chi connectivity index (χ1v) is 5.53. The van der Waals surface area contributed by atoms with Crippen LogP contribution in [0.15, 0.2) is 47.6 Å². The summed E-state index contributed by atoms with van der Waals surface area (Å²) in [5.41, 5.74) is 3.81. The van der Waals surface area contributed by atoms with Crippen molar-refractivity contribution >= 4 is 23.5 Å². The molecule has 18 heavy (non-hydrogen) atoms. The Morgan fingerprint density at radius 1 is 1.06 bits per heavy atom. The Morgan fingerprint density at radius 3 is 2.56 bits per heavy atom. The number of halogens is 3. The van der Waals surface area contributed by atoms with Crippen LogP contribution in [0.25, 0.3) is 0 Å². The normalized spacial score (nSPS) is 10.8. The predicted molar refractivity (Wildman–Crippen MR) is 69.0 cm³/mol. The minimum Gasteiger partial charge on any atom is -0.277 e. The third-order valence-electron chi connectivity index (χ3n) is 2.22. The van der Waals surface area contributed by atoms with Crippen LogP contribution in [0.4, 0.5) is 14.5 Å². The summed E-state index contributed by atoms with van der Waals surface area (Å²) >= 11 is 5.91. The smallest absolute Gasteiger partial charge is 0.159 e. The Kier molecular flexibility index (Phi) is 3.89. The number of nitrogens with one attached hydrogen (secondary N) is 1. The number of anilines is 1. The average molecular weight is 267 g/mol. The summed E-state index contributed by atoms with van der Waals surface area (Å²) in [6.07, 6.45) is 1.38. The Bertz CT molecular complexity index is 585. The van der Waals surface area contributed by atoms with Crippen LogP contribution in [0.2, 0.25) is 5.02 Å². The molecule has 0 fully saturated rings. The van der Waals surface area contributed by atoms with Gasteiger partial charge in [-0.3, -0.25) is 5.43 Å². The van der Waals surface area contributed by atoms with E-state index in [1.807, 2.05) is 0 Å². The standard InChI is InChI=1S/C13H9ClF2N2/c14-10-3-1-2-4-13(10)18-17-8-9-5-6-11(15)12(16)7-9/h1-8,18H/b17-8+. The van der Waals surface area contributed by atoms with Crippen molar-refractivity contribution in [2.24, 2.45) is 5.10 Å². The molecular formula is C13H9ClF2N2. The number of hydrogen-bond acceptors (Lipinski definition) is 2. The SMILES string of the molecule is Fc1ccc(/C=N/Nc2ccccc2Cl)cc1F. The molecule has 0 bridgehead atoms. The van der Waals surface area contributed by atoms with E-state index in [-0.39, 0.29) is 0 Å². The van der Waals surface area contributed by atoms with E-state index >= 15 is 0 Å². The van der Waals surface area contributed by atoms with Crippen LogP contribution in [-0.4, -0.2) is 6.21 Å². The van der Waals surface area contributed by atoms with Crippen LogP contribution >= 0.6 is 11.6 Å². The van der Waals surface area contributed by atoms with Gasteiger partial charge in [0.2, 0.25) is 0 Å². The predicted octanol–water partition coefficient (Wildman–Crippen LogP) is 4.06. The van der Waals surface area contributed by atoms with Crippen LogP contribution in [-0.2, 0) is 0 Å². The lowest BCUT2D eigenvalue weighted by atomic mass is 10.2. The molecule has 2 rings (SSSR count). The summed E-state index contributed by atoms with van der Waals surface area (Å²) < 4.78 is 25.6. The molecule has 0 heterocycles. The Hall–Kier alpha value is -1.94. The monoisotopic (exact) mass is 266 g/mol. The number of nitrogens with zero attached hydrogens (tertiary/aromatic N) is 1. The zero-order valence-corrected chi connectivity index (χ0v) is 9.96. The van der Waals surface area contributed by atoms with Crippen LogP contribution in [0.5, 0.6) is 0 Å². The molecule has 0 radical (unpaired) electrons. The summed E-state index contributed by atoms with van der Waals surface area (Å²) in [7, 11) is 0. The van der Waals surface area contributed by atoms with E-state index in [1.54, 1.807) is 24.3 Å². The van der Waals surface area contributed by atoms with Crippen molar-refractivity contribution in [1.82, 2.24) is 0 Å². The van der Waals surface area contributed by atoms with Crippen LogP contribution in [0, 0.1) is 11.6 Å². The number of hydrazone groups is 1. The van der Waals surface area contributed by atoms with E-state index in [0.717, 1.165) is 12.1 Å². The van der Waals surface area contributed by atoms with Gasteiger partial charge in [0.15, 0.2) is 11.6 Å². The first-order valence-electron chi connectivity index (χ1n) is 5.15. The molecule has 0 aliphatic heterocycles. The molecule has 0 aromatic heterocycles. The highest BCUT2D eigenvalue weighted by Crippen LogP contribution is 2.20. The molecule has 0 aliphatic rings. The molecule has 2 aromatic rings. The maximum atomic E-state index is 12.9. The molecule has 0 amide bonds. The van der Waals surface area contributed by atoms with Crippen molar-refractivity contribution in [2.75, 3.05) is 5.43 Å². The van der Waals surface area contributed by atoms with E-state index in [1.165, 1.54) is 12.3 Å². The van der Waals surface area contributed by atoms with Crippen LogP contribution in [0.3, 0.4) is 0 Å². The molecule has 0 spiro atoms. The first-order chi connectivity index (χ1) is 8.66. The molecule has 0 aliphatic carbocycles. The minimum atomic E-state index is -0.906. The maximum Gasteiger partial charge on any atom is 0.159 e. The summed E-state index contributed by atoms with van der Waals surface area (Å²) in [6, 6.07) is 10.6. The van der Waals surface area contributed by atoms with Crippen molar-refractivity contribution in [1.29, 1.82) is 0 Å². The van der Waals surface area contributed by atoms with Crippen molar-refractivity contribution in [3.63, 3.8) is 0 Å². The van der Waals surface area contributed by atoms with Crippen molar-refractivity contribution in [3.05, 3.63) is 64.7 Å². The highest BCUT2D eigenvalue weighted by atomic mass is 35.5. The lowest BCUT2D eigenvalue weighted by Gasteiger charge is -2.01. The van der Waals surface area contributed by atoms with Gasteiger partial charge in [-0.25, -0.2) is 8.78 Å². The Labute approximate surface area is 108 Å². The van der Waals surface area contributed by atoms with Gasteiger partial charge in [0.1, 0.15) is 0 Å². The fraction of sp³-hybridized carbons (Fsp3) is 0. The average Bonchev–Trinajstić information content (AvgIpc) is 2.36. The van der Waals surface area contributed by atoms with E-state index in [4.69, 9.17) is 11.6 Å². The summed E-state index contributed by atoms with van der Waals surface area (Å²) in [5.74, 6) is -1.79. The summed E-state index contributed by atoms with van der Waals surface area (Å²) in [5, 5.41) is 4.42. The van der Waals surface area contributed by atoms with Crippen LogP contribution < -0.4 is 5.43 Å². The highest BCUT2D eigenvalue weighted by Gasteiger charge is 2.00. The van der Waals surface area contributed by atoms with E-state index in [0.29, 0.717) is 16.3 Å². The number of para-hydroxylation sites is 1. The van der Waals surface area contributed by atoms with Gasteiger partial charge >= 0.3 is 0 Å². The second-order valence-electron chi connectivity index (χ2n) is 3.52. The molecule has 2 nitrogen and oxygen atoms in total. The minimum absolute atomic E-state index is 0.452. The second-order valence-corrected chi connectivity index (χ2v) is 3.93. The van der Waals surface area contributed by atoms with Gasteiger partial charge in [0.25, 0.3) is 0 Å². The zero-order chi connectivity index (χ0) is 13.0. The number of rotatable bonds is 3. The quantitative estimate of drug-likeness (QED) is 0.657. The fourth-order valence-corrected chi connectivity index (χ4v) is 1.50. The lowest BCUT2D eigenvalue weighted by Crippen LogP contribution is -1.92. The highest BCUT2D eigenvalue weighted by molar-refractivity contribution is 6.33. The van der Waals surface area contributed by atoms with E-state index in [2.05, 4.69) is 10.5 Å². The summed E-state index contributed by atoms with van der Waals surface area (Å²) in [6.45, 7) is 0. The van der Waals surface area contributed by atoms with Gasteiger partial charge in [-0.1, -0.05) is 29.8 Å². The first kappa shape index (κ1) is 12.5. The van der Waals surface area contributed by atoms with Gasteiger partial charge in [0, 0.05) is 0 Å². The third kappa shape index (κ3) is 3.05. The molecule has 0 unspecified atom stereocenters. The third-order valence-corrected chi connectivity index (χ3v) is 2.55. The molecule has 0 saturated heterocycles. The molecule has 0 saturated carbocycles. The molecule has 2 aromatic carbocycles. The number of benzene rings is 2. The van der Waals surface area contributed by atoms with Crippen molar-refractivity contribution in [3.8, 4) is 0 Å². The molecule has 0 atom stereocenters. The molecule has 92 valence electrons. The van der Waals surface area contributed by atoms with Gasteiger partial charge < -0.3 is 0 Å². The topological polar surface area (TPSA) is 24.4 Å².